The second-order valence-corrected chi connectivity index (χ2v) is 6.88. The molecule has 2 aromatic heterocycles. The second-order valence-electron chi connectivity index (χ2n) is 6.88. The van der Waals surface area contributed by atoms with E-state index in [1.54, 1.807) is 0 Å². The normalized spacial score (nSPS) is 10.9. The van der Waals surface area contributed by atoms with Gasteiger partial charge in [-0.15, -0.1) is 0 Å². The Kier molecular flexibility index (Phi) is 5.75. The molecule has 4 aromatic rings. The molecule has 0 bridgehead atoms. The van der Waals surface area contributed by atoms with Gasteiger partial charge < -0.3 is 14.0 Å². The van der Waals surface area contributed by atoms with Crippen molar-refractivity contribution in [1.82, 2.24) is 14.5 Å². The Morgan fingerprint density at radius 2 is 1.80 bits per heavy atom. The third kappa shape index (κ3) is 3.89. The highest BCUT2D eigenvalue weighted by atomic mass is 16.6. The minimum Gasteiger partial charge on any atom is -0.466 e. The molecule has 0 spiro atoms. The molecule has 30 heavy (non-hydrogen) atoms. The Morgan fingerprint density at radius 1 is 1.03 bits per heavy atom. The summed E-state index contributed by atoms with van der Waals surface area (Å²) in [5, 5.41) is 0.787. The number of benzene rings is 2. The van der Waals surface area contributed by atoms with Crippen LogP contribution < -0.4 is 4.74 Å². The summed E-state index contributed by atoms with van der Waals surface area (Å²) in [4.78, 5) is 20.2. The van der Waals surface area contributed by atoms with Crippen LogP contribution in [0.5, 0.6) is 5.88 Å². The van der Waals surface area contributed by atoms with Gasteiger partial charge in [0.1, 0.15) is 12.0 Å². The zero-order valence-corrected chi connectivity index (χ0v) is 17.0. The van der Waals surface area contributed by atoms with Gasteiger partial charge in [-0.3, -0.25) is 0 Å². The van der Waals surface area contributed by atoms with Crippen molar-refractivity contribution < 1.29 is 14.3 Å². The minimum atomic E-state index is -0.450. The van der Waals surface area contributed by atoms with E-state index < -0.39 is 5.97 Å². The van der Waals surface area contributed by atoms with Gasteiger partial charge >= 0.3 is 5.97 Å². The molecule has 0 fully saturated rings. The van der Waals surface area contributed by atoms with Gasteiger partial charge in [0, 0.05) is 12.2 Å². The predicted octanol–water partition coefficient (Wildman–Crippen LogP) is 4.26. The highest BCUT2D eigenvalue weighted by Gasteiger charge is 2.16. The van der Waals surface area contributed by atoms with Gasteiger partial charge in [-0.25, -0.2) is 14.8 Å². The smallest absolute Gasteiger partial charge is 0.343 e. The van der Waals surface area contributed by atoms with Crippen molar-refractivity contribution >= 4 is 17.0 Å². The largest absolute Gasteiger partial charge is 0.466 e. The van der Waals surface area contributed by atoms with Gasteiger partial charge in [0.15, 0.2) is 6.61 Å². The third-order valence-electron chi connectivity index (χ3n) is 5.09. The van der Waals surface area contributed by atoms with E-state index in [4.69, 9.17) is 4.74 Å². The zero-order valence-electron chi connectivity index (χ0n) is 17.0. The molecule has 0 aliphatic carbocycles. The van der Waals surface area contributed by atoms with Gasteiger partial charge in [0.2, 0.25) is 5.88 Å². The molecule has 0 N–H and O–H groups in total. The standard InChI is InChI=1S/C24H23N3O3/c1-3-19-13-21-23(25-16-26-24(21)30-15-22(28)29-2)27(19)14-18-11-7-8-12-20(18)17-9-5-4-6-10-17/h4-13,16H,3,14-15H2,1-2H3. The number of nitrogens with zero attached hydrogens (tertiary/aromatic N) is 3. The third-order valence-corrected chi connectivity index (χ3v) is 5.09. The van der Waals surface area contributed by atoms with Crippen LogP contribution in [0, 0.1) is 0 Å². The predicted molar refractivity (Wildman–Crippen MR) is 115 cm³/mol. The summed E-state index contributed by atoms with van der Waals surface area (Å²) >= 11 is 0. The first-order chi connectivity index (χ1) is 14.7. The number of aromatic nitrogens is 3. The van der Waals surface area contributed by atoms with E-state index in [-0.39, 0.29) is 6.61 Å². The highest BCUT2D eigenvalue weighted by Crippen LogP contribution is 2.29. The topological polar surface area (TPSA) is 66.2 Å². The Balaban J connectivity index is 1.75. The van der Waals surface area contributed by atoms with Gasteiger partial charge in [-0.2, -0.15) is 0 Å². The van der Waals surface area contributed by atoms with E-state index in [1.807, 2.05) is 24.3 Å². The number of ether oxygens (including phenoxy) is 2. The van der Waals surface area contributed by atoms with E-state index >= 15 is 0 Å². The molecule has 152 valence electrons. The van der Waals surface area contributed by atoms with Gasteiger partial charge in [-0.05, 0) is 29.2 Å². The van der Waals surface area contributed by atoms with E-state index in [1.165, 1.54) is 30.1 Å². The number of rotatable bonds is 7. The number of methoxy groups -OCH3 is 1. The lowest BCUT2D eigenvalue weighted by Crippen LogP contribution is -2.13. The van der Waals surface area contributed by atoms with E-state index in [9.17, 15) is 4.79 Å². The summed E-state index contributed by atoms with van der Waals surface area (Å²) in [5.74, 6) is -0.0658. The molecule has 0 aliphatic heterocycles. The van der Waals surface area contributed by atoms with Crippen LogP contribution in [0.15, 0.2) is 67.0 Å². The molecular weight excluding hydrogens is 378 g/mol. The fourth-order valence-corrected chi connectivity index (χ4v) is 3.59. The summed E-state index contributed by atoms with van der Waals surface area (Å²) in [5.41, 5.74) is 5.48. The molecule has 4 rings (SSSR count). The summed E-state index contributed by atoms with van der Waals surface area (Å²) in [6.45, 7) is 2.59. The fraction of sp³-hybridized carbons (Fsp3) is 0.208. The average Bonchev–Trinajstić information content (AvgIpc) is 3.16. The van der Waals surface area contributed by atoms with Gasteiger partial charge in [0.25, 0.3) is 0 Å². The first-order valence-electron chi connectivity index (χ1n) is 9.87. The Morgan fingerprint density at radius 3 is 2.57 bits per heavy atom. The maximum atomic E-state index is 11.5. The molecule has 0 saturated heterocycles. The van der Waals surface area contributed by atoms with Crippen molar-refractivity contribution in [2.75, 3.05) is 13.7 Å². The molecular formula is C24H23N3O3. The molecule has 2 aromatic carbocycles. The Bertz CT molecular complexity index is 1170. The lowest BCUT2D eigenvalue weighted by atomic mass is 9.99. The average molecular weight is 401 g/mol. The monoisotopic (exact) mass is 401 g/mol. The van der Waals surface area contributed by atoms with Crippen LogP contribution in [-0.4, -0.2) is 34.2 Å². The molecule has 0 aliphatic rings. The van der Waals surface area contributed by atoms with E-state index in [2.05, 4.69) is 62.6 Å². The van der Waals surface area contributed by atoms with Crippen molar-refractivity contribution in [1.29, 1.82) is 0 Å². The second kappa shape index (κ2) is 8.78. The Hall–Kier alpha value is -3.67. The number of carbonyl (C=O) groups excluding carboxylic acids is 1. The number of hydrogen-bond acceptors (Lipinski definition) is 5. The number of esters is 1. The number of aryl methyl sites for hydroxylation is 1. The van der Waals surface area contributed by atoms with Crippen LogP contribution in [0.25, 0.3) is 22.2 Å². The van der Waals surface area contributed by atoms with Crippen LogP contribution in [0.1, 0.15) is 18.2 Å². The zero-order chi connectivity index (χ0) is 20.9. The first kappa shape index (κ1) is 19.6. The number of hydrogen-bond donors (Lipinski definition) is 0. The van der Waals surface area contributed by atoms with Crippen molar-refractivity contribution in [3.05, 3.63) is 78.2 Å². The first-order valence-corrected chi connectivity index (χ1v) is 9.87. The van der Waals surface area contributed by atoms with Crippen LogP contribution in [0.4, 0.5) is 0 Å². The van der Waals surface area contributed by atoms with Crippen LogP contribution in [-0.2, 0) is 22.5 Å². The molecule has 0 unspecified atom stereocenters. The van der Waals surface area contributed by atoms with Crippen LogP contribution in [0.2, 0.25) is 0 Å². The van der Waals surface area contributed by atoms with Gasteiger partial charge in [-0.1, -0.05) is 61.5 Å². The summed E-state index contributed by atoms with van der Waals surface area (Å²) in [6.07, 6.45) is 2.30. The van der Waals surface area contributed by atoms with Crippen LogP contribution in [0.3, 0.4) is 0 Å². The van der Waals surface area contributed by atoms with E-state index in [0.717, 1.165) is 23.1 Å². The lowest BCUT2D eigenvalue weighted by molar-refractivity contribution is -0.142. The molecule has 6 heteroatoms. The summed E-state index contributed by atoms with van der Waals surface area (Å²) in [7, 11) is 1.33. The molecule has 2 heterocycles. The van der Waals surface area contributed by atoms with Crippen molar-refractivity contribution in [2.24, 2.45) is 0 Å². The quantitative estimate of drug-likeness (QED) is 0.433. The molecule has 0 amide bonds. The van der Waals surface area contributed by atoms with Crippen molar-refractivity contribution in [2.45, 2.75) is 19.9 Å². The summed E-state index contributed by atoms with van der Waals surface area (Å²) < 4.78 is 12.4. The summed E-state index contributed by atoms with van der Waals surface area (Å²) in [6, 6.07) is 20.8. The minimum absolute atomic E-state index is 0.188. The van der Waals surface area contributed by atoms with Crippen molar-refractivity contribution in [3.63, 3.8) is 0 Å². The maximum absolute atomic E-state index is 11.5. The van der Waals surface area contributed by atoms with E-state index in [0.29, 0.717) is 12.4 Å². The lowest BCUT2D eigenvalue weighted by Gasteiger charge is -2.14. The highest BCUT2D eigenvalue weighted by molar-refractivity contribution is 5.83. The SMILES string of the molecule is CCc1cc2c(OCC(=O)OC)ncnc2n1Cc1ccccc1-c1ccccc1. The molecule has 0 saturated carbocycles. The van der Waals surface area contributed by atoms with Crippen LogP contribution >= 0.6 is 0 Å². The molecule has 0 atom stereocenters. The van der Waals surface area contributed by atoms with Gasteiger partial charge in [0.05, 0.1) is 12.5 Å². The number of fused-ring (bicyclic) bond motifs is 1. The molecule has 6 nitrogen and oxygen atoms in total. The fourth-order valence-electron chi connectivity index (χ4n) is 3.59. The number of carbonyl (C=O) groups is 1. The van der Waals surface area contributed by atoms with Crippen molar-refractivity contribution in [3.8, 4) is 17.0 Å². The molecule has 0 radical (unpaired) electrons. The maximum Gasteiger partial charge on any atom is 0.343 e. The Labute approximate surface area is 175 Å².